The Morgan fingerprint density at radius 1 is 1.22 bits per heavy atom. The Kier molecular flexibility index (Phi) is 4.55. The Bertz CT molecular complexity index is 391. The van der Waals surface area contributed by atoms with E-state index < -0.39 is 0 Å². The van der Waals surface area contributed by atoms with E-state index in [0.29, 0.717) is 6.42 Å². The Hall–Kier alpha value is -1.13. The summed E-state index contributed by atoms with van der Waals surface area (Å²) >= 11 is 0. The number of nitrogens with zero attached hydrogens (tertiary/aromatic N) is 3. The first-order valence-electron chi connectivity index (χ1n) is 6.79. The van der Waals surface area contributed by atoms with Crippen LogP contribution in [0.4, 0.5) is 0 Å². The molecule has 0 radical (unpaired) electrons. The molecule has 0 N–H and O–H groups in total. The second kappa shape index (κ2) is 6.16. The molecule has 18 heavy (non-hydrogen) atoms. The molecule has 0 aliphatic carbocycles. The van der Waals surface area contributed by atoms with Gasteiger partial charge in [-0.2, -0.15) is 0 Å². The number of likely N-dealkylation sites (N-methyl/N-ethyl adjacent to an activating group) is 1. The number of hydrogen-bond donors (Lipinski definition) is 0. The highest BCUT2D eigenvalue weighted by Crippen LogP contribution is 2.06. The molecule has 1 fully saturated rings. The number of Topliss-reactive ketones (excluding diaryl/α,β-unsaturated/α-hetero) is 1. The molecule has 0 amide bonds. The van der Waals surface area contributed by atoms with Gasteiger partial charge in [-0.05, 0) is 13.1 Å². The summed E-state index contributed by atoms with van der Waals surface area (Å²) < 4.78 is 2.13. The normalized spacial score (nSPS) is 18.1. The number of ketones is 1. The number of carbonyl (C=O) groups is 1. The van der Waals surface area contributed by atoms with Gasteiger partial charge in [0.05, 0.1) is 0 Å². The van der Waals surface area contributed by atoms with E-state index in [-0.39, 0.29) is 5.78 Å². The van der Waals surface area contributed by atoms with Gasteiger partial charge in [-0.1, -0.05) is 6.92 Å². The van der Waals surface area contributed by atoms with Gasteiger partial charge in [0.25, 0.3) is 0 Å². The minimum atomic E-state index is 0.230. The summed E-state index contributed by atoms with van der Waals surface area (Å²) in [6, 6.07) is 1.93. The van der Waals surface area contributed by atoms with Gasteiger partial charge in [-0.3, -0.25) is 9.69 Å². The van der Waals surface area contributed by atoms with Crippen molar-refractivity contribution in [2.24, 2.45) is 0 Å². The fourth-order valence-corrected chi connectivity index (χ4v) is 2.28. The molecule has 2 rings (SSSR count). The van der Waals surface area contributed by atoms with Crippen LogP contribution in [-0.4, -0.2) is 59.9 Å². The SMILES string of the molecule is CCC(=O)c1ccn(CCN2CCN(C)CC2)c1. The van der Waals surface area contributed by atoms with E-state index in [2.05, 4.69) is 21.4 Å². The quantitative estimate of drug-likeness (QED) is 0.737. The molecule has 4 nitrogen and oxygen atoms in total. The topological polar surface area (TPSA) is 28.5 Å². The number of carbonyl (C=O) groups excluding carboxylic acids is 1. The van der Waals surface area contributed by atoms with E-state index in [0.717, 1.165) is 44.8 Å². The maximum Gasteiger partial charge on any atom is 0.164 e. The highest BCUT2D eigenvalue weighted by atomic mass is 16.1. The lowest BCUT2D eigenvalue weighted by Gasteiger charge is -2.32. The summed E-state index contributed by atoms with van der Waals surface area (Å²) in [7, 11) is 2.17. The van der Waals surface area contributed by atoms with Crippen LogP contribution in [-0.2, 0) is 6.54 Å². The van der Waals surface area contributed by atoms with Gasteiger partial charge < -0.3 is 9.47 Å². The maximum atomic E-state index is 11.5. The monoisotopic (exact) mass is 249 g/mol. The van der Waals surface area contributed by atoms with Crippen LogP contribution in [0.3, 0.4) is 0 Å². The smallest absolute Gasteiger partial charge is 0.164 e. The van der Waals surface area contributed by atoms with Crippen molar-refractivity contribution in [3.8, 4) is 0 Å². The third-order valence-electron chi connectivity index (χ3n) is 3.66. The molecule has 0 bridgehead atoms. The standard InChI is InChI=1S/C14H23N3O/c1-3-14(18)13-4-5-17(12-13)11-10-16-8-6-15(2)7-9-16/h4-5,12H,3,6-11H2,1-2H3. The van der Waals surface area contributed by atoms with Crippen LogP contribution < -0.4 is 0 Å². The molecule has 1 aliphatic rings. The van der Waals surface area contributed by atoms with Crippen molar-refractivity contribution in [3.05, 3.63) is 24.0 Å². The molecule has 1 aliphatic heterocycles. The van der Waals surface area contributed by atoms with Crippen LogP contribution in [0.25, 0.3) is 0 Å². The van der Waals surface area contributed by atoms with Crippen LogP contribution in [0, 0.1) is 0 Å². The van der Waals surface area contributed by atoms with E-state index >= 15 is 0 Å². The van der Waals surface area contributed by atoms with Gasteiger partial charge in [0.1, 0.15) is 0 Å². The van der Waals surface area contributed by atoms with Crippen LogP contribution in [0.1, 0.15) is 23.7 Å². The van der Waals surface area contributed by atoms with Crippen LogP contribution >= 0.6 is 0 Å². The molecular formula is C14H23N3O. The molecule has 0 aromatic carbocycles. The zero-order valence-electron chi connectivity index (χ0n) is 11.4. The molecule has 0 atom stereocenters. The van der Waals surface area contributed by atoms with Gasteiger partial charge >= 0.3 is 0 Å². The number of piperazine rings is 1. The minimum absolute atomic E-state index is 0.230. The number of aromatic nitrogens is 1. The van der Waals surface area contributed by atoms with E-state index in [1.807, 2.05) is 25.4 Å². The van der Waals surface area contributed by atoms with Crippen molar-refractivity contribution in [3.63, 3.8) is 0 Å². The zero-order valence-corrected chi connectivity index (χ0v) is 11.4. The molecule has 0 spiro atoms. The van der Waals surface area contributed by atoms with Gasteiger partial charge in [-0.25, -0.2) is 0 Å². The Morgan fingerprint density at radius 3 is 2.61 bits per heavy atom. The van der Waals surface area contributed by atoms with Gasteiger partial charge in [0, 0.05) is 63.6 Å². The third-order valence-corrected chi connectivity index (χ3v) is 3.66. The van der Waals surface area contributed by atoms with Crippen molar-refractivity contribution in [2.75, 3.05) is 39.8 Å². The molecular weight excluding hydrogens is 226 g/mol. The summed E-state index contributed by atoms with van der Waals surface area (Å²) in [5.41, 5.74) is 0.843. The maximum absolute atomic E-state index is 11.5. The zero-order chi connectivity index (χ0) is 13.0. The number of rotatable bonds is 5. The molecule has 100 valence electrons. The number of hydrogen-bond acceptors (Lipinski definition) is 3. The first-order valence-corrected chi connectivity index (χ1v) is 6.79. The van der Waals surface area contributed by atoms with Crippen molar-refractivity contribution >= 4 is 5.78 Å². The largest absolute Gasteiger partial charge is 0.352 e. The highest BCUT2D eigenvalue weighted by Gasteiger charge is 2.13. The molecule has 0 saturated carbocycles. The minimum Gasteiger partial charge on any atom is -0.352 e. The predicted octanol–water partition coefficient (Wildman–Crippen LogP) is 1.33. The lowest BCUT2D eigenvalue weighted by molar-refractivity contribution is 0.0988. The van der Waals surface area contributed by atoms with Crippen molar-refractivity contribution in [1.29, 1.82) is 0 Å². The van der Waals surface area contributed by atoms with Gasteiger partial charge in [0.15, 0.2) is 5.78 Å². The lowest BCUT2D eigenvalue weighted by atomic mass is 10.2. The average molecular weight is 249 g/mol. The van der Waals surface area contributed by atoms with E-state index in [9.17, 15) is 4.79 Å². The molecule has 0 unspecified atom stereocenters. The fourth-order valence-electron chi connectivity index (χ4n) is 2.28. The van der Waals surface area contributed by atoms with Crippen molar-refractivity contribution in [2.45, 2.75) is 19.9 Å². The summed E-state index contributed by atoms with van der Waals surface area (Å²) in [6.45, 7) is 8.57. The average Bonchev–Trinajstić information content (AvgIpc) is 2.86. The van der Waals surface area contributed by atoms with Crippen LogP contribution in [0.5, 0.6) is 0 Å². The first kappa shape index (κ1) is 13.3. The van der Waals surface area contributed by atoms with Crippen molar-refractivity contribution in [1.82, 2.24) is 14.4 Å². The molecule has 1 aromatic heterocycles. The van der Waals surface area contributed by atoms with Crippen LogP contribution in [0.2, 0.25) is 0 Å². The predicted molar refractivity (Wildman–Crippen MR) is 73.0 cm³/mol. The second-order valence-electron chi connectivity index (χ2n) is 5.06. The fraction of sp³-hybridized carbons (Fsp3) is 0.643. The second-order valence-corrected chi connectivity index (χ2v) is 5.06. The van der Waals surface area contributed by atoms with Crippen LogP contribution in [0.15, 0.2) is 18.5 Å². The van der Waals surface area contributed by atoms with E-state index in [1.165, 1.54) is 0 Å². The summed E-state index contributed by atoms with van der Waals surface area (Å²) in [5, 5.41) is 0. The first-order chi connectivity index (χ1) is 8.69. The summed E-state index contributed by atoms with van der Waals surface area (Å²) in [6.07, 6.45) is 4.57. The van der Waals surface area contributed by atoms with Gasteiger partial charge in [-0.15, -0.1) is 0 Å². The van der Waals surface area contributed by atoms with Gasteiger partial charge in [0.2, 0.25) is 0 Å². The van der Waals surface area contributed by atoms with E-state index in [4.69, 9.17) is 0 Å². The van der Waals surface area contributed by atoms with Crippen molar-refractivity contribution < 1.29 is 4.79 Å². The molecule has 1 saturated heterocycles. The summed E-state index contributed by atoms with van der Waals surface area (Å²) in [4.78, 5) is 16.4. The third kappa shape index (κ3) is 3.43. The van der Waals surface area contributed by atoms with E-state index in [1.54, 1.807) is 0 Å². The molecule has 4 heteroatoms. The molecule has 1 aromatic rings. The Balaban J connectivity index is 1.79. The summed E-state index contributed by atoms with van der Waals surface area (Å²) in [5.74, 6) is 0.230. The Morgan fingerprint density at radius 2 is 1.94 bits per heavy atom. The Labute approximate surface area is 109 Å². The lowest BCUT2D eigenvalue weighted by Crippen LogP contribution is -2.45. The molecule has 2 heterocycles. The highest BCUT2D eigenvalue weighted by molar-refractivity contribution is 5.95.